The van der Waals surface area contributed by atoms with E-state index in [1.165, 1.54) is 6.42 Å². The van der Waals surface area contributed by atoms with Gasteiger partial charge in [0.05, 0.1) is 13.2 Å². The molecule has 4 nitrogen and oxygen atoms in total. The van der Waals surface area contributed by atoms with Crippen molar-refractivity contribution in [3.05, 3.63) is 0 Å². The molecule has 2 atom stereocenters. The normalized spacial score (nSPS) is 32.7. The van der Waals surface area contributed by atoms with Gasteiger partial charge in [-0.15, -0.1) is 0 Å². The highest BCUT2D eigenvalue weighted by molar-refractivity contribution is 5.82. The molecule has 0 aromatic rings. The molecule has 0 spiro atoms. The number of likely N-dealkylation sites (tertiary alicyclic amines) is 1. The average Bonchev–Trinajstić information content (AvgIpc) is 2.30. The Hall–Kier alpha value is -0.610. The molecule has 15 heavy (non-hydrogen) atoms. The number of carbonyl (C=O) groups is 1. The molecule has 2 fully saturated rings. The van der Waals surface area contributed by atoms with E-state index < -0.39 is 0 Å². The maximum Gasteiger partial charge on any atom is 0.242 e. The number of piperidine rings is 1. The van der Waals surface area contributed by atoms with Crippen molar-refractivity contribution in [2.45, 2.75) is 38.3 Å². The van der Waals surface area contributed by atoms with Crippen molar-refractivity contribution < 1.29 is 9.53 Å². The summed E-state index contributed by atoms with van der Waals surface area (Å²) in [6.45, 7) is 5.10. The zero-order chi connectivity index (χ0) is 10.7. The van der Waals surface area contributed by atoms with Crippen LogP contribution in [-0.2, 0) is 9.53 Å². The second kappa shape index (κ2) is 4.94. The van der Waals surface area contributed by atoms with E-state index in [-0.39, 0.29) is 11.9 Å². The van der Waals surface area contributed by atoms with Crippen LogP contribution in [0.15, 0.2) is 0 Å². The molecular weight excluding hydrogens is 192 g/mol. The smallest absolute Gasteiger partial charge is 0.242 e. The van der Waals surface area contributed by atoms with Crippen LogP contribution in [0.2, 0.25) is 0 Å². The molecule has 2 rings (SSSR count). The fourth-order valence-electron chi connectivity index (χ4n) is 2.35. The first kappa shape index (κ1) is 10.9. The summed E-state index contributed by atoms with van der Waals surface area (Å²) in [5, 5.41) is 3.22. The van der Waals surface area contributed by atoms with Crippen LogP contribution in [0.3, 0.4) is 0 Å². The van der Waals surface area contributed by atoms with E-state index in [1.54, 1.807) is 0 Å². The summed E-state index contributed by atoms with van der Waals surface area (Å²) in [7, 11) is 0. The highest BCUT2D eigenvalue weighted by atomic mass is 16.5. The van der Waals surface area contributed by atoms with E-state index >= 15 is 0 Å². The standard InChI is InChI=1S/C11H20N2O2/c1-9-4-2-3-6-13(9)11(14)10-8-15-7-5-12-10/h9-10,12H,2-8H2,1H3. The molecule has 2 heterocycles. The SMILES string of the molecule is CC1CCCCN1C(=O)C1COCCN1. The maximum atomic E-state index is 12.1. The maximum absolute atomic E-state index is 12.1. The third kappa shape index (κ3) is 2.49. The van der Waals surface area contributed by atoms with E-state index in [1.807, 2.05) is 4.90 Å². The Bertz CT molecular complexity index is 227. The van der Waals surface area contributed by atoms with Gasteiger partial charge >= 0.3 is 0 Å². The molecule has 2 unspecified atom stereocenters. The predicted octanol–water partition coefficient (Wildman–Crippen LogP) is 0.376. The van der Waals surface area contributed by atoms with Gasteiger partial charge in [-0.05, 0) is 26.2 Å². The van der Waals surface area contributed by atoms with E-state index in [4.69, 9.17) is 4.74 Å². The molecule has 4 heteroatoms. The molecule has 0 bridgehead atoms. The van der Waals surface area contributed by atoms with Crippen molar-refractivity contribution in [3.8, 4) is 0 Å². The zero-order valence-electron chi connectivity index (χ0n) is 9.37. The van der Waals surface area contributed by atoms with Crippen LogP contribution in [0, 0.1) is 0 Å². The van der Waals surface area contributed by atoms with Crippen LogP contribution in [0.25, 0.3) is 0 Å². The van der Waals surface area contributed by atoms with Gasteiger partial charge in [-0.1, -0.05) is 0 Å². The van der Waals surface area contributed by atoms with Crippen LogP contribution >= 0.6 is 0 Å². The van der Waals surface area contributed by atoms with E-state index in [0.717, 1.165) is 32.5 Å². The lowest BCUT2D eigenvalue weighted by Gasteiger charge is -2.37. The fraction of sp³-hybridized carbons (Fsp3) is 0.909. The van der Waals surface area contributed by atoms with Gasteiger partial charge in [-0.25, -0.2) is 0 Å². The van der Waals surface area contributed by atoms with Crippen molar-refractivity contribution in [2.24, 2.45) is 0 Å². The Morgan fingerprint density at radius 3 is 3.00 bits per heavy atom. The molecule has 2 aliphatic rings. The number of hydrogen-bond acceptors (Lipinski definition) is 3. The fourth-order valence-corrected chi connectivity index (χ4v) is 2.35. The molecule has 0 aromatic heterocycles. The first-order valence-corrected chi connectivity index (χ1v) is 5.90. The molecule has 0 saturated carbocycles. The number of morpholine rings is 1. The first-order chi connectivity index (χ1) is 7.29. The van der Waals surface area contributed by atoms with E-state index in [0.29, 0.717) is 12.6 Å². The van der Waals surface area contributed by atoms with Gasteiger partial charge in [0.15, 0.2) is 0 Å². The van der Waals surface area contributed by atoms with Crippen molar-refractivity contribution in [1.29, 1.82) is 0 Å². The second-order valence-corrected chi connectivity index (χ2v) is 4.46. The average molecular weight is 212 g/mol. The number of rotatable bonds is 1. The summed E-state index contributed by atoms with van der Waals surface area (Å²) in [6.07, 6.45) is 3.53. The van der Waals surface area contributed by atoms with Gasteiger partial charge in [0.2, 0.25) is 5.91 Å². The summed E-state index contributed by atoms with van der Waals surface area (Å²) in [5.41, 5.74) is 0. The molecule has 2 aliphatic heterocycles. The van der Waals surface area contributed by atoms with Crippen molar-refractivity contribution >= 4 is 5.91 Å². The Morgan fingerprint density at radius 2 is 2.33 bits per heavy atom. The van der Waals surface area contributed by atoms with Gasteiger partial charge in [0, 0.05) is 19.1 Å². The molecule has 0 radical (unpaired) electrons. The minimum Gasteiger partial charge on any atom is -0.378 e. The third-order valence-electron chi connectivity index (χ3n) is 3.31. The van der Waals surface area contributed by atoms with Crippen LogP contribution < -0.4 is 5.32 Å². The lowest BCUT2D eigenvalue weighted by Crippen LogP contribution is -2.55. The third-order valence-corrected chi connectivity index (χ3v) is 3.31. The van der Waals surface area contributed by atoms with Gasteiger partial charge < -0.3 is 15.0 Å². The lowest BCUT2D eigenvalue weighted by atomic mass is 10.0. The highest BCUT2D eigenvalue weighted by Gasteiger charge is 2.30. The van der Waals surface area contributed by atoms with Crippen LogP contribution in [-0.4, -0.2) is 49.2 Å². The molecule has 1 N–H and O–H groups in total. The Labute approximate surface area is 91.0 Å². The summed E-state index contributed by atoms with van der Waals surface area (Å²) in [6, 6.07) is 0.286. The van der Waals surface area contributed by atoms with Gasteiger partial charge in [0.1, 0.15) is 6.04 Å². The second-order valence-electron chi connectivity index (χ2n) is 4.46. The zero-order valence-corrected chi connectivity index (χ0v) is 9.37. The molecule has 2 saturated heterocycles. The molecular formula is C11H20N2O2. The number of ether oxygens (including phenoxy) is 1. The number of carbonyl (C=O) groups excluding carboxylic acids is 1. The number of nitrogens with one attached hydrogen (secondary N) is 1. The van der Waals surface area contributed by atoms with Crippen LogP contribution in [0.5, 0.6) is 0 Å². The number of nitrogens with zero attached hydrogens (tertiary/aromatic N) is 1. The van der Waals surface area contributed by atoms with Crippen LogP contribution in [0.1, 0.15) is 26.2 Å². The van der Waals surface area contributed by atoms with Crippen molar-refractivity contribution in [3.63, 3.8) is 0 Å². The summed E-state index contributed by atoms with van der Waals surface area (Å²) in [4.78, 5) is 14.2. The Kier molecular flexibility index (Phi) is 3.59. The Balaban J connectivity index is 1.92. The van der Waals surface area contributed by atoms with E-state index in [9.17, 15) is 4.79 Å². The van der Waals surface area contributed by atoms with Gasteiger partial charge in [-0.2, -0.15) is 0 Å². The molecule has 1 amide bonds. The van der Waals surface area contributed by atoms with Gasteiger partial charge in [0.25, 0.3) is 0 Å². The predicted molar refractivity (Wildman–Crippen MR) is 57.6 cm³/mol. The summed E-state index contributed by atoms with van der Waals surface area (Å²) in [5.74, 6) is 0.224. The van der Waals surface area contributed by atoms with Crippen molar-refractivity contribution in [2.75, 3.05) is 26.3 Å². The van der Waals surface area contributed by atoms with Crippen molar-refractivity contribution in [1.82, 2.24) is 10.2 Å². The quantitative estimate of drug-likeness (QED) is 0.683. The minimum atomic E-state index is -0.112. The minimum absolute atomic E-state index is 0.112. The summed E-state index contributed by atoms with van der Waals surface area (Å²) >= 11 is 0. The molecule has 86 valence electrons. The molecule has 0 aromatic carbocycles. The Morgan fingerprint density at radius 1 is 1.47 bits per heavy atom. The van der Waals surface area contributed by atoms with Gasteiger partial charge in [-0.3, -0.25) is 4.79 Å². The van der Waals surface area contributed by atoms with E-state index in [2.05, 4.69) is 12.2 Å². The topological polar surface area (TPSA) is 41.6 Å². The highest BCUT2D eigenvalue weighted by Crippen LogP contribution is 2.17. The molecule has 0 aliphatic carbocycles. The lowest BCUT2D eigenvalue weighted by molar-refractivity contribution is -0.139. The number of amides is 1. The largest absolute Gasteiger partial charge is 0.378 e. The first-order valence-electron chi connectivity index (χ1n) is 5.90. The monoisotopic (exact) mass is 212 g/mol. The summed E-state index contributed by atoms with van der Waals surface area (Å²) < 4.78 is 5.32. The van der Waals surface area contributed by atoms with Crippen LogP contribution in [0.4, 0.5) is 0 Å². The number of hydrogen-bond donors (Lipinski definition) is 1.